The first-order valence-corrected chi connectivity index (χ1v) is 6.55. The first-order chi connectivity index (χ1) is 8.65. The van der Waals surface area contributed by atoms with E-state index in [2.05, 4.69) is 25.2 Å². The van der Waals surface area contributed by atoms with Gasteiger partial charge in [0.15, 0.2) is 0 Å². The molecule has 0 saturated heterocycles. The molecule has 102 valence electrons. The van der Waals surface area contributed by atoms with Crippen molar-refractivity contribution < 1.29 is 9.47 Å². The Balaban J connectivity index is 3.01. The zero-order chi connectivity index (χ0) is 13.5. The van der Waals surface area contributed by atoms with Crippen molar-refractivity contribution >= 4 is 0 Å². The number of benzene rings is 1. The molecule has 0 heterocycles. The number of hydrogen-bond acceptors (Lipinski definition) is 3. The number of methoxy groups -OCH3 is 2. The third-order valence-electron chi connectivity index (χ3n) is 3.50. The van der Waals surface area contributed by atoms with Crippen LogP contribution in [0.15, 0.2) is 18.2 Å². The second kappa shape index (κ2) is 7.27. The van der Waals surface area contributed by atoms with Gasteiger partial charge in [0.2, 0.25) is 0 Å². The second-order valence-electron chi connectivity index (χ2n) is 4.70. The number of rotatable bonds is 7. The van der Waals surface area contributed by atoms with Crippen LogP contribution in [0.4, 0.5) is 0 Å². The maximum Gasteiger partial charge on any atom is 0.123 e. The fourth-order valence-electron chi connectivity index (χ4n) is 2.08. The van der Waals surface area contributed by atoms with Crippen LogP contribution < -0.4 is 14.8 Å². The highest BCUT2D eigenvalue weighted by atomic mass is 16.5. The molecule has 0 amide bonds. The third-order valence-corrected chi connectivity index (χ3v) is 3.50. The highest BCUT2D eigenvalue weighted by Gasteiger charge is 2.17. The maximum atomic E-state index is 5.45. The summed E-state index contributed by atoms with van der Waals surface area (Å²) in [7, 11) is 5.39. The molecule has 2 unspecified atom stereocenters. The Bertz CT molecular complexity index is 366. The summed E-state index contributed by atoms with van der Waals surface area (Å²) in [4.78, 5) is 0. The van der Waals surface area contributed by atoms with Crippen molar-refractivity contribution in [2.24, 2.45) is 5.92 Å². The van der Waals surface area contributed by atoms with Crippen molar-refractivity contribution in [3.05, 3.63) is 23.8 Å². The molecule has 0 bridgehead atoms. The lowest BCUT2D eigenvalue weighted by Crippen LogP contribution is -2.19. The van der Waals surface area contributed by atoms with Gasteiger partial charge in [-0.3, -0.25) is 0 Å². The summed E-state index contributed by atoms with van der Waals surface area (Å²) in [6.07, 6.45) is 2.28. The van der Waals surface area contributed by atoms with Gasteiger partial charge in [-0.15, -0.1) is 0 Å². The van der Waals surface area contributed by atoms with Gasteiger partial charge in [0.1, 0.15) is 11.5 Å². The van der Waals surface area contributed by atoms with Crippen molar-refractivity contribution in [2.45, 2.75) is 32.7 Å². The van der Waals surface area contributed by atoms with Crippen molar-refractivity contribution in [3.8, 4) is 11.5 Å². The zero-order valence-electron chi connectivity index (χ0n) is 12.1. The van der Waals surface area contributed by atoms with Gasteiger partial charge in [-0.2, -0.15) is 0 Å². The lowest BCUT2D eigenvalue weighted by Gasteiger charge is -2.22. The van der Waals surface area contributed by atoms with Crippen LogP contribution in [0.1, 0.15) is 38.3 Å². The molecule has 0 spiro atoms. The monoisotopic (exact) mass is 251 g/mol. The number of nitrogens with one attached hydrogen (secondary N) is 1. The zero-order valence-corrected chi connectivity index (χ0v) is 12.1. The highest BCUT2D eigenvalue weighted by molar-refractivity contribution is 5.42. The third kappa shape index (κ3) is 3.64. The van der Waals surface area contributed by atoms with Crippen LogP contribution in [0.3, 0.4) is 0 Å². The van der Waals surface area contributed by atoms with Crippen LogP contribution in [0.25, 0.3) is 0 Å². The Hall–Kier alpha value is -1.22. The Morgan fingerprint density at radius 2 is 1.94 bits per heavy atom. The van der Waals surface area contributed by atoms with E-state index in [4.69, 9.17) is 9.47 Å². The first-order valence-electron chi connectivity index (χ1n) is 6.55. The molecule has 2 atom stereocenters. The predicted octanol–water partition coefficient (Wildman–Crippen LogP) is 3.40. The Morgan fingerprint density at radius 1 is 1.22 bits per heavy atom. The summed E-state index contributed by atoms with van der Waals surface area (Å²) in [5, 5.41) is 3.37. The maximum absolute atomic E-state index is 5.45. The largest absolute Gasteiger partial charge is 0.497 e. The molecule has 18 heavy (non-hydrogen) atoms. The highest BCUT2D eigenvalue weighted by Crippen LogP contribution is 2.32. The van der Waals surface area contributed by atoms with Crippen LogP contribution in [0, 0.1) is 5.92 Å². The van der Waals surface area contributed by atoms with Crippen LogP contribution in [0.5, 0.6) is 11.5 Å². The summed E-state index contributed by atoms with van der Waals surface area (Å²) in [6.45, 7) is 4.50. The average molecular weight is 251 g/mol. The van der Waals surface area contributed by atoms with Gasteiger partial charge in [-0.1, -0.05) is 20.3 Å². The van der Waals surface area contributed by atoms with Crippen molar-refractivity contribution in [1.29, 1.82) is 0 Å². The van der Waals surface area contributed by atoms with Gasteiger partial charge in [0.25, 0.3) is 0 Å². The quantitative estimate of drug-likeness (QED) is 0.805. The first kappa shape index (κ1) is 14.8. The van der Waals surface area contributed by atoms with Gasteiger partial charge in [0, 0.05) is 11.6 Å². The molecular weight excluding hydrogens is 226 g/mol. The van der Waals surface area contributed by atoms with Gasteiger partial charge in [-0.05, 0) is 37.6 Å². The summed E-state index contributed by atoms with van der Waals surface area (Å²) in [6, 6.07) is 6.25. The summed E-state index contributed by atoms with van der Waals surface area (Å²) >= 11 is 0. The van der Waals surface area contributed by atoms with Crippen LogP contribution in [-0.4, -0.2) is 21.3 Å². The minimum atomic E-state index is 0.296. The smallest absolute Gasteiger partial charge is 0.123 e. The van der Waals surface area contributed by atoms with Gasteiger partial charge >= 0.3 is 0 Å². The summed E-state index contributed by atoms with van der Waals surface area (Å²) in [5.74, 6) is 2.46. The molecule has 0 radical (unpaired) electrons. The second-order valence-corrected chi connectivity index (χ2v) is 4.70. The van der Waals surface area contributed by atoms with Crippen molar-refractivity contribution in [3.63, 3.8) is 0 Å². The van der Waals surface area contributed by atoms with Crippen molar-refractivity contribution in [1.82, 2.24) is 5.32 Å². The Morgan fingerprint density at radius 3 is 2.44 bits per heavy atom. The lowest BCUT2D eigenvalue weighted by molar-refractivity contribution is 0.374. The average Bonchev–Trinajstić information content (AvgIpc) is 2.43. The van der Waals surface area contributed by atoms with E-state index in [1.807, 2.05) is 19.2 Å². The minimum Gasteiger partial charge on any atom is -0.497 e. The molecule has 1 rings (SSSR count). The molecule has 0 aliphatic carbocycles. The van der Waals surface area contributed by atoms with E-state index in [-0.39, 0.29) is 0 Å². The Labute approximate surface area is 110 Å². The molecular formula is C15H25NO2. The predicted molar refractivity (Wildman–Crippen MR) is 75.4 cm³/mol. The van der Waals surface area contributed by atoms with E-state index in [9.17, 15) is 0 Å². The van der Waals surface area contributed by atoms with Crippen LogP contribution in [-0.2, 0) is 0 Å². The molecule has 1 N–H and O–H groups in total. The van der Waals surface area contributed by atoms with E-state index in [0.717, 1.165) is 17.9 Å². The molecule has 0 saturated carbocycles. The molecule has 3 heteroatoms. The van der Waals surface area contributed by atoms with Gasteiger partial charge < -0.3 is 14.8 Å². The molecule has 1 aromatic rings. The normalized spacial score (nSPS) is 14.1. The topological polar surface area (TPSA) is 30.5 Å². The summed E-state index contributed by atoms with van der Waals surface area (Å²) < 4.78 is 10.7. The van der Waals surface area contributed by atoms with E-state index in [1.165, 1.54) is 12.0 Å². The van der Waals surface area contributed by atoms with E-state index >= 15 is 0 Å². The molecule has 3 nitrogen and oxygen atoms in total. The molecule has 0 fully saturated rings. The van der Waals surface area contributed by atoms with Gasteiger partial charge in [0.05, 0.1) is 14.2 Å². The van der Waals surface area contributed by atoms with Crippen molar-refractivity contribution in [2.75, 3.05) is 21.3 Å². The SMILES string of the molecule is CCC(C)CC(NC)c1cc(OC)ccc1OC. The van der Waals surface area contributed by atoms with E-state index in [1.54, 1.807) is 14.2 Å². The molecule has 0 aliphatic heterocycles. The minimum absolute atomic E-state index is 0.296. The molecule has 0 aromatic heterocycles. The fourth-order valence-corrected chi connectivity index (χ4v) is 2.08. The fraction of sp³-hybridized carbons (Fsp3) is 0.600. The van der Waals surface area contributed by atoms with E-state index < -0.39 is 0 Å². The van der Waals surface area contributed by atoms with Gasteiger partial charge in [-0.25, -0.2) is 0 Å². The molecule has 1 aromatic carbocycles. The lowest BCUT2D eigenvalue weighted by atomic mass is 9.93. The number of hydrogen-bond donors (Lipinski definition) is 1. The summed E-state index contributed by atoms with van der Waals surface area (Å²) in [5.41, 5.74) is 1.17. The van der Waals surface area contributed by atoms with E-state index in [0.29, 0.717) is 12.0 Å². The molecule has 0 aliphatic rings. The standard InChI is InChI=1S/C15H25NO2/c1-6-11(2)9-14(16-3)13-10-12(17-4)7-8-15(13)18-5/h7-8,10-11,14,16H,6,9H2,1-5H3. The Kier molecular flexibility index (Phi) is 5.99. The van der Waals surface area contributed by atoms with Crippen LogP contribution >= 0.6 is 0 Å². The van der Waals surface area contributed by atoms with Crippen LogP contribution in [0.2, 0.25) is 0 Å². The number of ether oxygens (including phenoxy) is 2.